The van der Waals surface area contributed by atoms with E-state index in [0.29, 0.717) is 53.8 Å². The number of rotatable bonds is 13. The highest BCUT2D eigenvalue weighted by molar-refractivity contribution is 6.34. The average Bonchev–Trinajstić information content (AvgIpc) is 3.56. The van der Waals surface area contributed by atoms with Crippen LogP contribution >= 0.6 is 11.6 Å². The van der Waals surface area contributed by atoms with Crippen molar-refractivity contribution in [1.82, 2.24) is 16.0 Å². The van der Waals surface area contributed by atoms with E-state index < -0.39 is 0 Å². The van der Waals surface area contributed by atoms with Crippen molar-refractivity contribution in [3.05, 3.63) is 111 Å². The van der Waals surface area contributed by atoms with Crippen LogP contribution < -0.4 is 26.4 Å². The van der Waals surface area contributed by atoms with E-state index in [0.717, 1.165) is 37.0 Å². The number of carbonyl (C=O) groups excluding carboxylic acids is 1. The molecule has 1 heterocycles. The molecule has 1 aromatic heterocycles. The van der Waals surface area contributed by atoms with E-state index in [1.807, 2.05) is 24.3 Å². The summed E-state index contributed by atoms with van der Waals surface area (Å²) in [7, 11) is 1.57. The van der Waals surface area contributed by atoms with Gasteiger partial charge in [0.15, 0.2) is 0 Å². The van der Waals surface area contributed by atoms with Gasteiger partial charge in [0.25, 0.3) is 5.91 Å². The van der Waals surface area contributed by atoms with Crippen molar-refractivity contribution < 1.29 is 13.9 Å². The zero-order valence-corrected chi connectivity index (χ0v) is 28.1. The van der Waals surface area contributed by atoms with Crippen molar-refractivity contribution in [2.45, 2.75) is 76.7 Å². The summed E-state index contributed by atoms with van der Waals surface area (Å²) in [5.74, 6) is 1.57. The number of ether oxygens (including phenoxy) is 1. The highest BCUT2D eigenvalue weighted by Gasteiger charge is 2.23. The summed E-state index contributed by atoms with van der Waals surface area (Å²) < 4.78 is 11.9. The molecule has 0 spiro atoms. The predicted molar refractivity (Wildman–Crippen MR) is 186 cm³/mol. The summed E-state index contributed by atoms with van der Waals surface area (Å²) in [5, 5.41) is 19.9. The lowest BCUT2D eigenvalue weighted by Gasteiger charge is -2.29. The second-order valence-electron chi connectivity index (χ2n) is 12.5. The van der Waals surface area contributed by atoms with E-state index >= 15 is 0 Å². The van der Waals surface area contributed by atoms with Gasteiger partial charge in [0, 0.05) is 36.8 Å². The third-order valence-corrected chi connectivity index (χ3v) is 9.26. The zero-order chi connectivity index (χ0) is 33.3. The molecule has 0 unspecified atom stereocenters. The number of furan rings is 1. The van der Waals surface area contributed by atoms with Crippen LogP contribution in [-0.2, 0) is 13.0 Å². The maximum absolute atomic E-state index is 13.8. The number of amides is 1. The quantitative estimate of drug-likeness (QED) is 0.124. The number of carbonyl (C=O) groups is 1. The van der Waals surface area contributed by atoms with Crippen LogP contribution in [0.1, 0.15) is 77.0 Å². The first-order valence-corrected chi connectivity index (χ1v) is 16.7. The number of hydrogen-bond acceptors (Lipinski definition) is 7. The lowest BCUT2D eigenvalue weighted by Crippen LogP contribution is -2.47. The van der Waals surface area contributed by atoms with E-state index in [2.05, 4.69) is 60.1 Å². The Kier molecular flexibility index (Phi) is 11.7. The molecule has 246 valence electrons. The molecular formula is C38H44ClN5O3. The number of benzene rings is 3. The number of halogens is 1. The Morgan fingerprint density at radius 2 is 1.79 bits per heavy atom. The fourth-order valence-electron chi connectivity index (χ4n) is 6.00. The summed E-state index contributed by atoms with van der Waals surface area (Å²) in [6.07, 6.45) is 4.60. The van der Waals surface area contributed by atoms with E-state index in [9.17, 15) is 10.1 Å². The van der Waals surface area contributed by atoms with E-state index in [1.54, 1.807) is 31.4 Å². The molecule has 9 heteroatoms. The molecule has 0 radical (unpaired) electrons. The van der Waals surface area contributed by atoms with Crippen LogP contribution in [0.25, 0.3) is 11.3 Å². The molecule has 8 nitrogen and oxygen atoms in total. The van der Waals surface area contributed by atoms with Crippen LogP contribution in [0.5, 0.6) is 5.75 Å². The number of nitrogens with two attached hydrogens (primary N) is 1. The molecule has 0 aliphatic heterocycles. The number of aryl methyl sites for hydroxylation is 1. The Labute approximate surface area is 282 Å². The molecule has 47 heavy (non-hydrogen) atoms. The van der Waals surface area contributed by atoms with Gasteiger partial charge >= 0.3 is 0 Å². The van der Waals surface area contributed by atoms with Gasteiger partial charge in [0.1, 0.15) is 17.3 Å². The van der Waals surface area contributed by atoms with Crippen LogP contribution in [0.2, 0.25) is 5.02 Å². The molecule has 3 aromatic carbocycles. The third kappa shape index (κ3) is 9.24. The largest absolute Gasteiger partial charge is 0.496 e. The molecule has 2 atom stereocenters. The van der Waals surface area contributed by atoms with Gasteiger partial charge in [-0.05, 0) is 87.4 Å². The number of nitriles is 1. The summed E-state index contributed by atoms with van der Waals surface area (Å²) in [4.78, 5) is 13.8. The van der Waals surface area contributed by atoms with Crippen LogP contribution in [-0.4, -0.2) is 37.7 Å². The van der Waals surface area contributed by atoms with Crippen molar-refractivity contribution >= 4 is 17.5 Å². The number of hydrogen-bond donors (Lipinski definition) is 4. The van der Waals surface area contributed by atoms with Gasteiger partial charge < -0.3 is 30.8 Å². The maximum Gasteiger partial charge on any atom is 0.253 e. The second kappa shape index (κ2) is 16.1. The minimum absolute atomic E-state index is 0.145. The predicted octanol–water partition coefficient (Wildman–Crippen LogP) is 6.84. The molecule has 1 saturated carbocycles. The minimum atomic E-state index is -0.287. The van der Waals surface area contributed by atoms with Crippen molar-refractivity contribution in [3.63, 3.8) is 0 Å². The minimum Gasteiger partial charge on any atom is -0.496 e. The van der Waals surface area contributed by atoms with E-state index in [-0.39, 0.29) is 29.1 Å². The fourth-order valence-corrected chi connectivity index (χ4v) is 6.24. The molecule has 4 aromatic rings. The lowest BCUT2D eigenvalue weighted by atomic mass is 9.91. The van der Waals surface area contributed by atoms with Crippen LogP contribution in [0, 0.1) is 18.3 Å². The van der Waals surface area contributed by atoms with Gasteiger partial charge in [-0.15, -0.1) is 0 Å². The number of nitrogens with zero attached hydrogens (tertiary/aromatic N) is 1. The standard InChI is InChI=1S/C38H44ClN5O3/c1-24-4-10-28(11-5-24)25(2)42-23-32-16-17-36(47-32)34-19-33(35(39)20-37(34)46-3)38(45)44-31(18-26-6-8-27(21-40)9-7-26)22-43-30-14-12-29(41)13-15-30/h4-11,16-17,19-20,25,29-31,42-43H,12-15,18,22-23,41H2,1-3H3,(H,44,45)/t25-,29?,30?,31-/m1/s1. The highest BCUT2D eigenvalue weighted by atomic mass is 35.5. The first-order valence-electron chi connectivity index (χ1n) is 16.3. The maximum atomic E-state index is 13.8. The Morgan fingerprint density at radius 3 is 2.47 bits per heavy atom. The summed E-state index contributed by atoms with van der Waals surface area (Å²) in [6, 6.07) is 25.8. The Balaban J connectivity index is 1.31. The van der Waals surface area contributed by atoms with Crippen molar-refractivity contribution in [1.29, 1.82) is 5.26 Å². The van der Waals surface area contributed by atoms with Gasteiger partial charge in [0.2, 0.25) is 0 Å². The molecule has 1 aliphatic carbocycles. The van der Waals surface area contributed by atoms with E-state index in [4.69, 9.17) is 26.5 Å². The van der Waals surface area contributed by atoms with Gasteiger partial charge in [-0.25, -0.2) is 0 Å². The zero-order valence-electron chi connectivity index (χ0n) is 27.3. The van der Waals surface area contributed by atoms with Crippen molar-refractivity contribution in [3.8, 4) is 23.1 Å². The van der Waals surface area contributed by atoms with Crippen molar-refractivity contribution in [2.75, 3.05) is 13.7 Å². The first kappa shape index (κ1) is 34.2. The molecule has 0 saturated heterocycles. The smallest absolute Gasteiger partial charge is 0.253 e. The molecule has 0 bridgehead atoms. The molecule has 5 N–H and O–H groups in total. The summed E-state index contributed by atoms with van der Waals surface area (Å²) in [5.41, 5.74) is 11.1. The molecule has 1 fully saturated rings. The number of methoxy groups -OCH3 is 1. The lowest BCUT2D eigenvalue weighted by molar-refractivity contribution is 0.0935. The first-order chi connectivity index (χ1) is 22.7. The average molecular weight is 654 g/mol. The van der Waals surface area contributed by atoms with Crippen LogP contribution in [0.15, 0.2) is 77.2 Å². The van der Waals surface area contributed by atoms with Gasteiger partial charge in [-0.1, -0.05) is 53.6 Å². The second-order valence-corrected chi connectivity index (χ2v) is 12.9. The third-order valence-electron chi connectivity index (χ3n) is 8.95. The summed E-state index contributed by atoms with van der Waals surface area (Å²) in [6.45, 7) is 5.32. The number of nitrogens with one attached hydrogen (secondary N) is 3. The highest BCUT2D eigenvalue weighted by Crippen LogP contribution is 2.36. The topological polar surface area (TPSA) is 125 Å². The normalized spacial score (nSPS) is 17.4. The molecular weight excluding hydrogens is 610 g/mol. The Morgan fingerprint density at radius 1 is 1.06 bits per heavy atom. The van der Waals surface area contributed by atoms with Gasteiger partial charge in [-0.2, -0.15) is 5.26 Å². The fraction of sp³-hybridized carbons (Fsp3) is 0.368. The van der Waals surface area contributed by atoms with Crippen LogP contribution in [0.3, 0.4) is 0 Å². The Hall–Kier alpha value is -4.13. The SMILES string of the molecule is COc1cc(Cl)c(C(=O)N[C@@H](CNC2CCC(N)CC2)Cc2ccc(C#N)cc2)cc1-c1ccc(CN[C@H](C)c2ccc(C)cc2)o1. The van der Waals surface area contributed by atoms with Crippen molar-refractivity contribution in [2.24, 2.45) is 5.73 Å². The summed E-state index contributed by atoms with van der Waals surface area (Å²) >= 11 is 6.67. The van der Waals surface area contributed by atoms with E-state index in [1.165, 1.54) is 11.1 Å². The monoisotopic (exact) mass is 653 g/mol. The Bertz CT molecular complexity index is 1670. The van der Waals surface area contributed by atoms with Gasteiger partial charge in [0.05, 0.1) is 41.4 Å². The molecule has 1 aliphatic rings. The van der Waals surface area contributed by atoms with Gasteiger partial charge in [-0.3, -0.25) is 4.79 Å². The molecule has 5 rings (SSSR count). The van der Waals surface area contributed by atoms with Crippen LogP contribution in [0.4, 0.5) is 0 Å². The molecule has 1 amide bonds.